The van der Waals surface area contributed by atoms with Crippen molar-refractivity contribution in [2.45, 2.75) is 20.4 Å². The fourth-order valence-corrected chi connectivity index (χ4v) is 1.38. The average Bonchev–Trinajstić information content (AvgIpc) is 2.80. The van der Waals surface area contributed by atoms with Gasteiger partial charge in [-0.3, -0.25) is 4.79 Å². The van der Waals surface area contributed by atoms with Gasteiger partial charge in [0.05, 0.1) is 30.5 Å². The van der Waals surface area contributed by atoms with Crippen molar-refractivity contribution in [2.75, 3.05) is 0 Å². The third kappa shape index (κ3) is 1.81. The predicted octanol–water partition coefficient (Wildman–Crippen LogP) is 1.08. The average molecular weight is 204 g/mol. The van der Waals surface area contributed by atoms with Crippen molar-refractivity contribution < 1.29 is 4.79 Å². The van der Waals surface area contributed by atoms with E-state index in [1.54, 1.807) is 6.33 Å². The summed E-state index contributed by atoms with van der Waals surface area (Å²) in [6.07, 6.45) is 4.05. The molecule has 0 aliphatic rings. The first-order chi connectivity index (χ1) is 7.20. The van der Waals surface area contributed by atoms with Crippen LogP contribution in [0.5, 0.6) is 0 Å². The summed E-state index contributed by atoms with van der Waals surface area (Å²) < 4.78 is 1.99. The lowest BCUT2D eigenvalue weighted by molar-refractivity contribution is 0.111. The number of hydrogen-bond acceptors (Lipinski definition) is 3. The molecule has 0 aliphatic carbocycles. The van der Waals surface area contributed by atoms with Crippen molar-refractivity contribution in [3.05, 3.63) is 35.4 Å². The second kappa shape index (κ2) is 3.68. The van der Waals surface area contributed by atoms with Crippen molar-refractivity contribution in [1.29, 1.82) is 0 Å². The number of aromatic amines is 1. The molecule has 2 aromatic rings. The third-order valence-corrected chi connectivity index (χ3v) is 2.44. The largest absolute Gasteiger partial charge is 0.338 e. The maximum atomic E-state index is 10.5. The zero-order valence-corrected chi connectivity index (χ0v) is 8.69. The Morgan fingerprint density at radius 3 is 2.80 bits per heavy atom. The Bertz CT molecular complexity index is 483. The number of aryl methyl sites for hydroxylation is 1. The van der Waals surface area contributed by atoms with Crippen LogP contribution in [-0.4, -0.2) is 25.8 Å². The van der Waals surface area contributed by atoms with Gasteiger partial charge in [0.15, 0.2) is 6.29 Å². The van der Waals surface area contributed by atoms with Gasteiger partial charge in [-0.15, -0.1) is 0 Å². The summed E-state index contributed by atoms with van der Waals surface area (Å²) in [5.74, 6) is 0.762. The normalized spacial score (nSPS) is 10.5. The molecule has 78 valence electrons. The van der Waals surface area contributed by atoms with Crippen LogP contribution < -0.4 is 0 Å². The van der Waals surface area contributed by atoms with Gasteiger partial charge < -0.3 is 9.55 Å². The minimum atomic E-state index is 0.500. The van der Waals surface area contributed by atoms with E-state index in [4.69, 9.17) is 0 Å². The molecule has 5 heteroatoms. The number of carbonyl (C=O) groups is 1. The molecule has 0 atom stereocenters. The zero-order valence-electron chi connectivity index (χ0n) is 8.69. The van der Waals surface area contributed by atoms with E-state index in [0.717, 1.165) is 23.5 Å². The summed E-state index contributed by atoms with van der Waals surface area (Å²) in [5.41, 5.74) is 2.62. The van der Waals surface area contributed by atoms with E-state index >= 15 is 0 Å². The molecule has 0 aliphatic heterocycles. The van der Waals surface area contributed by atoms with Gasteiger partial charge in [0.25, 0.3) is 0 Å². The van der Waals surface area contributed by atoms with Gasteiger partial charge >= 0.3 is 0 Å². The summed E-state index contributed by atoms with van der Waals surface area (Å²) in [6.45, 7) is 4.58. The molecule has 2 aromatic heterocycles. The van der Waals surface area contributed by atoms with Gasteiger partial charge in [-0.1, -0.05) is 0 Å². The molecule has 0 aromatic carbocycles. The van der Waals surface area contributed by atoms with E-state index in [1.807, 2.05) is 18.4 Å². The van der Waals surface area contributed by atoms with Crippen LogP contribution in [0.25, 0.3) is 0 Å². The van der Waals surface area contributed by atoms with E-state index in [2.05, 4.69) is 15.0 Å². The van der Waals surface area contributed by atoms with Crippen LogP contribution in [0.1, 0.15) is 27.7 Å². The highest BCUT2D eigenvalue weighted by Gasteiger charge is 2.05. The number of rotatable bonds is 3. The van der Waals surface area contributed by atoms with Crippen LogP contribution in [-0.2, 0) is 6.54 Å². The Labute approximate surface area is 87.2 Å². The Kier molecular flexibility index (Phi) is 2.37. The fraction of sp³-hybridized carbons (Fsp3) is 0.300. The molecule has 0 unspecified atom stereocenters. The van der Waals surface area contributed by atoms with Crippen LogP contribution >= 0.6 is 0 Å². The minimum Gasteiger partial charge on any atom is -0.338 e. The molecule has 0 saturated carbocycles. The Balaban J connectivity index is 2.21. The SMILES string of the molecule is Cc1ncn(Cc2ncc(C=O)[nH]2)c1C. The highest BCUT2D eigenvalue weighted by atomic mass is 16.1. The standard InChI is InChI=1S/C10H12N4O/c1-7-8(2)14(6-12-7)4-10-11-3-9(5-15)13-10/h3,5-6H,4H2,1-2H3,(H,11,13). The van der Waals surface area contributed by atoms with Gasteiger partial charge in [-0.25, -0.2) is 9.97 Å². The van der Waals surface area contributed by atoms with Gasteiger partial charge in [0.1, 0.15) is 5.82 Å². The quantitative estimate of drug-likeness (QED) is 0.761. The Morgan fingerprint density at radius 2 is 2.27 bits per heavy atom. The molecule has 0 amide bonds. The number of aldehydes is 1. The number of carbonyl (C=O) groups excluding carboxylic acids is 1. The first-order valence-corrected chi connectivity index (χ1v) is 4.68. The molecule has 2 rings (SSSR count). The molecule has 5 nitrogen and oxygen atoms in total. The molecular weight excluding hydrogens is 192 g/mol. The minimum absolute atomic E-state index is 0.500. The van der Waals surface area contributed by atoms with Crippen molar-refractivity contribution in [1.82, 2.24) is 19.5 Å². The van der Waals surface area contributed by atoms with Crippen LogP contribution in [0.2, 0.25) is 0 Å². The molecule has 2 heterocycles. The third-order valence-electron chi connectivity index (χ3n) is 2.44. The molecule has 0 spiro atoms. The van der Waals surface area contributed by atoms with E-state index < -0.39 is 0 Å². The summed E-state index contributed by atoms with van der Waals surface area (Å²) in [5, 5.41) is 0. The van der Waals surface area contributed by atoms with E-state index in [0.29, 0.717) is 12.2 Å². The Morgan fingerprint density at radius 1 is 1.47 bits per heavy atom. The molecule has 0 fully saturated rings. The number of H-pyrrole nitrogens is 1. The van der Waals surface area contributed by atoms with Crippen LogP contribution in [0, 0.1) is 13.8 Å². The van der Waals surface area contributed by atoms with E-state index in [-0.39, 0.29) is 0 Å². The maximum absolute atomic E-state index is 10.5. The molecule has 15 heavy (non-hydrogen) atoms. The van der Waals surface area contributed by atoms with Gasteiger partial charge in [0, 0.05) is 5.69 Å². The van der Waals surface area contributed by atoms with E-state index in [1.165, 1.54) is 6.20 Å². The number of nitrogens with one attached hydrogen (secondary N) is 1. The van der Waals surface area contributed by atoms with Crippen LogP contribution in [0.4, 0.5) is 0 Å². The first kappa shape index (κ1) is 9.64. The maximum Gasteiger partial charge on any atom is 0.167 e. The van der Waals surface area contributed by atoms with Crippen molar-refractivity contribution in [2.24, 2.45) is 0 Å². The molecule has 0 radical (unpaired) electrons. The number of nitrogens with zero attached hydrogens (tertiary/aromatic N) is 3. The smallest absolute Gasteiger partial charge is 0.167 e. The lowest BCUT2D eigenvalue weighted by Gasteiger charge is -2.01. The summed E-state index contributed by atoms with van der Waals surface area (Å²) in [4.78, 5) is 21.7. The second-order valence-electron chi connectivity index (χ2n) is 3.45. The summed E-state index contributed by atoms with van der Waals surface area (Å²) in [6, 6.07) is 0. The molecule has 1 N–H and O–H groups in total. The zero-order chi connectivity index (χ0) is 10.8. The highest BCUT2D eigenvalue weighted by Crippen LogP contribution is 2.06. The van der Waals surface area contributed by atoms with Gasteiger partial charge in [-0.05, 0) is 13.8 Å². The van der Waals surface area contributed by atoms with Crippen molar-refractivity contribution >= 4 is 6.29 Å². The van der Waals surface area contributed by atoms with Crippen LogP contribution in [0.3, 0.4) is 0 Å². The molecular formula is C10H12N4O. The predicted molar refractivity (Wildman–Crippen MR) is 54.8 cm³/mol. The van der Waals surface area contributed by atoms with Crippen LogP contribution in [0.15, 0.2) is 12.5 Å². The number of imidazole rings is 2. The summed E-state index contributed by atoms with van der Waals surface area (Å²) >= 11 is 0. The second-order valence-corrected chi connectivity index (χ2v) is 3.45. The summed E-state index contributed by atoms with van der Waals surface area (Å²) in [7, 11) is 0. The topological polar surface area (TPSA) is 63.6 Å². The number of hydrogen-bond donors (Lipinski definition) is 1. The Hall–Kier alpha value is -1.91. The lowest BCUT2D eigenvalue weighted by Crippen LogP contribution is -2.02. The molecule has 0 bridgehead atoms. The first-order valence-electron chi connectivity index (χ1n) is 4.68. The monoisotopic (exact) mass is 204 g/mol. The van der Waals surface area contributed by atoms with Gasteiger partial charge in [0.2, 0.25) is 0 Å². The molecule has 0 saturated heterocycles. The van der Waals surface area contributed by atoms with Crippen molar-refractivity contribution in [3.8, 4) is 0 Å². The number of aromatic nitrogens is 4. The van der Waals surface area contributed by atoms with Gasteiger partial charge in [-0.2, -0.15) is 0 Å². The lowest BCUT2D eigenvalue weighted by atomic mass is 10.4. The van der Waals surface area contributed by atoms with Crippen molar-refractivity contribution in [3.63, 3.8) is 0 Å². The highest BCUT2D eigenvalue weighted by molar-refractivity contribution is 5.71. The fourth-order valence-electron chi connectivity index (χ4n) is 1.38. The van der Waals surface area contributed by atoms with E-state index in [9.17, 15) is 4.79 Å².